The van der Waals surface area contributed by atoms with E-state index in [0.717, 1.165) is 11.1 Å². The van der Waals surface area contributed by atoms with Crippen LogP contribution in [0.3, 0.4) is 0 Å². The Balaban J connectivity index is 2.51. The first-order valence-electron chi connectivity index (χ1n) is 4.53. The van der Waals surface area contributed by atoms with Gasteiger partial charge in [0, 0.05) is 4.91 Å². The highest BCUT2D eigenvalue weighted by molar-refractivity contribution is 5.38. The molecule has 1 aliphatic rings. The maximum atomic E-state index is 8.44. The smallest absolute Gasteiger partial charge is 0.0865 e. The minimum Gasteiger partial charge on any atom is -0.376 e. The van der Waals surface area contributed by atoms with Crippen LogP contribution >= 0.6 is 0 Å². The Morgan fingerprint density at radius 1 is 1.57 bits per heavy atom. The molecular weight excluding hydrogens is 178 g/mol. The fourth-order valence-electron chi connectivity index (χ4n) is 1.86. The normalized spacial score (nSPS) is 19.6. The van der Waals surface area contributed by atoms with Crippen molar-refractivity contribution < 1.29 is 4.74 Å². The number of aryl methyl sites for hydroxylation is 1. The van der Waals surface area contributed by atoms with Gasteiger partial charge in [0.15, 0.2) is 0 Å². The van der Waals surface area contributed by atoms with Crippen LogP contribution in [0.15, 0.2) is 23.3 Å². The highest BCUT2D eigenvalue weighted by Crippen LogP contribution is 2.30. The van der Waals surface area contributed by atoms with Crippen molar-refractivity contribution in [2.75, 3.05) is 6.61 Å². The van der Waals surface area contributed by atoms with Crippen molar-refractivity contribution in [2.45, 2.75) is 19.6 Å². The molecule has 0 fully saturated rings. The lowest BCUT2D eigenvalue weighted by atomic mass is 9.95. The van der Waals surface area contributed by atoms with Crippen LogP contribution in [0.5, 0.6) is 0 Å². The summed E-state index contributed by atoms with van der Waals surface area (Å²) in [5.74, 6) is 0. The van der Waals surface area contributed by atoms with Crippen molar-refractivity contribution in [3.8, 4) is 0 Å². The van der Waals surface area contributed by atoms with Gasteiger partial charge >= 0.3 is 0 Å². The molecule has 0 amide bonds. The number of nitrogens with zero attached hydrogens (tertiary/aromatic N) is 3. The molecule has 1 aromatic carbocycles. The summed E-state index contributed by atoms with van der Waals surface area (Å²) in [6, 6.07) is 5.88. The third-order valence-electron chi connectivity index (χ3n) is 2.47. The summed E-state index contributed by atoms with van der Waals surface area (Å²) in [5, 5.41) is 3.74. The number of ether oxygens (including phenoxy) is 1. The first kappa shape index (κ1) is 9.06. The molecule has 1 aliphatic heterocycles. The third kappa shape index (κ3) is 1.45. The molecule has 0 bridgehead atoms. The molecule has 1 heterocycles. The van der Waals surface area contributed by atoms with E-state index in [2.05, 4.69) is 10.0 Å². The second-order valence-electron chi connectivity index (χ2n) is 3.38. The lowest BCUT2D eigenvalue weighted by Gasteiger charge is -2.23. The molecule has 1 unspecified atom stereocenters. The number of rotatable bonds is 1. The van der Waals surface area contributed by atoms with Crippen molar-refractivity contribution in [1.82, 2.24) is 0 Å². The first-order valence-corrected chi connectivity index (χ1v) is 4.53. The Kier molecular flexibility index (Phi) is 2.39. The molecule has 1 aromatic rings. The number of hydrogen-bond donors (Lipinski definition) is 0. The summed E-state index contributed by atoms with van der Waals surface area (Å²) in [4.78, 5) is 2.84. The lowest BCUT2D eigenvalue weighted by molar-refractivity contribution is 0.0922. The van der Waals surface area contributed by atoms with Crippen LogP contribution in [-0.2, 0) is 11.3 Å². The lowest BCUT2D eigenvalue weighted by Crippen LogP contribution is -2.15. The third-order valence-corrected chi connectivity index (χ3v) is 2.47. The molecule has 0 spiro atoms. The van der Waals surface area contributed by atoms with Crippen LogP contribution in [0.2, 0.25) is 0 Å². The highest BCUT2D eigenvalue weighted by atomic mass is 16.5. The molecule has 0 saturated carbocycles. The second kappa shape index (κ2) is 3.70. The Labute approximate surface area is 82.1 Å². The van der Waals surface area contributed by atoms with Gasteiger partial charge in [0.05, 0.1) is 19.3 Å². The van der Waals surface area contributed by atoms with Gasteiger partial charge in [0.2, 0.25) is 0 Å². The Bertz CT molecular complexity index is 396. The van der Waals surface area contributed by atoms with E-state index < -0.39 is 0 Å². The maximum absolute atomic E-state index is 8.44. The van der Waals surface area contributed by atoms with Crippen molar-refractivity contribution in [3.05, 3.63) is 45.3 Å². The molecule has 14 heavy (non-hydrogen) atoms. The van der Waals surface area contributed by atoms with Crippen LogP contribution in [0.1, 0.15) is 22.7 Å². The van der Waals surface area contributed by atoms with Gasteiger partial charge in [-0.05, 0) is 29.1 Å². The molecule has 0 N–H and O–H groups in total. The molecule has 72 valence electrons. The summed E-state index contributed by atoms with van der Waals surface area (Å²) < 4.78 is 5.35. The Morgan fingerprint density at radius 2 is 2.43 bits per heavy atom. The molecular formula is C10H11N3O. The average molecular weight is 189 g/mol. The minimum absolute atomic E-state index is 0.162. The zero-order chi connectivity index (χ0) is 9.97. The van der Waals surface area contributed by atoms with Crippen LogP contribution in [0.4, 0.5) is 0 Å². The summed E-state index contributed by atoms with van der Waals surface area (Å²) in [7, 11) is 0. The summed E-state index contributed by atoms with van der Waals surface area (Å²) in [6.45, 7) is 3.14. The van der Waals surface area contributed by atoms with E-state index >= 15 is 0 Å². The second-order valence-corrected chi connectivity index (χ2v) is 3.38. The van der Waals surface area contributed by atoms with E-state index in [9.17, 15) is 0 Å². The van der Waals surface area contributed by atoms with Gasteiger partial charge in [-0.25, -0.2) is 0 Å². The summed E-state index contributed by atoms with van der Waals surface area (Å²) in [5.41, 5.74) is 11.9. The fourth-order valence-corrected chi connectivity index (χ4v) is 1.86. The van der Waals surface area contributed by atoms with Crippen molar-refractivity contribution >= 4 is 0 Å². The van der Waals surface area contributed by atoms with Gasteiger partial charge in [0.25, 0.3) is 0 Å². The molecule has 4 nitrogen and oxygen atoms in total. The van der Waals surface area contributed by atoms with Gasteiger partial charge in [-0.1, -0.05) is 23.3 Å². The van der Waals surface area contributed by atoms with Gasteiger partial charge in [-0.3, -0.25) is 0 Å². The van der Waals surface area contributed by atoms with E-state index in [-0.39, 0.29) is 6.04 Å². The zero-order valence-corrected chi connectivity index (χ0v) is 7.97. The number of azide groups is 1. The summed E-state index contributed by atoms with van der Waals surface area (Å²) >= 11 is 0. The molecule has 4 heteroatoms. The SMILES string of the molecule is Cc1cccc2c1C(N=[N+]=[N-])COC2. The van der Waals surface area contributed by atoms with E-state index in [4.69, 9.17) is 10.3 Å². The monoisotopic (exact) mass is 189 g/mol. The quantitative estimate of drug-likeness (QED) is 0.380. The van der Waals surface area contributed by atoms with E-state index in [1.807, 2.05) is 25.1 Å². The maximum Gasteiger partial charge on any atom is 0.0865 e. The van der Waals surface area contributed by atoms with Crippen molar-refractivity contribution in [2.24, 2.45) is 5.11 Å². The minimum atomic E-state index is -0.162. The standard InChI is InChI=1S/C10H11N3O/c1-7-3-2-4-8-5-14-6-9(10(7)8)12-13-11/h2-4,9H,5-6H2,1H3. The van der Waals surface area contributed by atoms with Crippen molar-refractivity contribution in [1.29, 1.82) is 0 Å². The average Bonchev–Trinajstić information content (AvgIpc) is 2.19. The Hall–Kier alpha value is -1.51. The fraction of sp³-hybridized carbons (Fsp3) is 0.400. The molecule has 0 radical (unpaired) electrons. The first-order chi connectivity index (χ1) is 6.83. The largest absolute Gasteiger partial charge is 0.376 e. The van der Waals surface area contributed by atoms with Crippen molar-refractivity contribution in [3.63, 3.8) is 0 Å². The molecule has 0 aliphatic carbocycles. The number of hydrogen-bond acceptors (Lipinski definition) is 2. The zero-order valence-electron chi connectivity index (χ0n) is 7.97. The summed E-state index contributed by atoms with van der Waals surface area (Å²) in [6.07, 6.45) is 0. The van der Waals surface area contributed by atoms with Crippen LogP contribution in [0, 0.1) is 6.92 Å². The molecule has 0 aromatic heterocycles. The predicted molar refractivity (Wildman–Crippen MR) is 52.7 cm³/mol. The van der Waals surface area contributed by atoms with Crippen LogP contribution in [0.25, 0.3) is 10.4 Å². The molecule has 2 rings (SSSR count). The van der Waals surface area contributed by atoms with Crippen LogP contribution < -0.4 is 0 Å². The van der Waals surface area contributed by atoms with E-state index in [1.165, 1.54) is 5.56 Å². The van der Waals surface area contributed by atoms with Crippen LogP contribution in [-0.4, -0.2) is 6.61 Å². The van der Waals surface area contributed by atoms with Gasteiger partial charge in [-0.2, -0.15) is 0 Å². The number of benzene rings is 1. The topological polar surface area (TPSA) is 58.0 Å². The molecule has 0 saturated heterocycles. The van der Waals surface area contributed by atoms with Gasteiger partial charge in [-0.15, -0.1) is 0 Å². The Morgan fingerprint density at radius 3 is 3.21 bits per heavy atom. The van der Waals surface area contributed by atoms with Gasteiger partial charge < -0.3 is 4.74 Å². The molecule has 1 atom stereocenters. The van der Waals surface area contributed by atoms with E-state index in [1.54, 1.807) is 0 Å². The highest BCUT2D eigenvalue weighted by Gasteiger charge is 2.20. The number of fused-ring (bicyclic) bond motifs is 1. The van der Waals surface area contributed by atoms with Gasteiger partial charge in [0.1, 0.15) is 0 Å². The predicted octanol–water partition coefficient (Wildman–Crippen LogP) is 2.88. The van der Waals surface area contributed by atoms with E-state index in [0.29, 0.717) is 13.2 Å².